The van der Waals surface area contributed by atoms with Crippen molar-refractivity contribution in [3.05, 3.63) is 34.4 Å². The molecule has 0 radical (unpaired) electrons. The molecule has 0 fully saturated rings. The summed E-state index contributed by atoms with van der Waals surface area (Å²) < 4.78 is 5.50. The molecule has 27 heavy (non-hydrogen) atoms. The fourth-order valence-corrected chi connectivity index (χ4v) is 2.67. The zero-order valence-electron chi connectivity index (χ0n) is 15.3. The maximum Gasteiger partial charge on any atom is 0.277 e. The Kier molecular flexibility index (Phi) is 6.17. The summed E-state index contributed by atoms with van der Waals surface area (Å²) >= 11 is 1.04. The van der Waals surface area contributed by atoms with Crippen LogP contribution in [0.5, 0.6) is 0 Å². The number of nitrogens with zero attached hydrogens (tertiary/aromatic N) is 4. The number of nitro benzene ring substituents is 1. The van der Waals surface area contributed by atoms with E-state index in [1.807, 2.05) is 13.8 Å². The number of rotatable bonds is 7. The molecule has 0 saturated carbocycles. The van der Waals surface area contributed by atoms with Gasteiger partial charge in [0.15, 0.2) is 0 Å². The molecule has 142 valence electrons. The van der Waals surface area contributed by atoms with Crippen LogP contribution >= 0.6 is 11.8 Å². The minimum Gasteiger partial charge on any atom is -0.411 e. The Bertz CT molecular complexity index is 891. The molecule has 1 N–H and O–H groups in total. The number of nitrogens with one attached hydrogen (secondary N) is 1. The first-order valence-electron chi connectivity index (χ1n) is 8.14. The van der Waals surface area contributed by atoms with Gasteiger partial charge in [0.25, 0.3) is 10.9 Å². The van der Waals surface area contributed by atoms with E-state index in [1.165, 1.54) is 18.2 Å². The second kappa shape index (κ2) is 8.18. The molecule has 1 aromatic heterocycles. The number of amides is 1. The summed E-state index contributed by atoms with van der Waals surface area (Å²) in [7, 11) is 0. The Morgan fingerprint density at radius 3 is 2.70 bits per heavy atom. The molecule has 0 bridgehead atoms. The average molecular weight is 389 g/mol. The minimum atomic E-state index is -0.977. The third-order valence-corrected chi connectivity index (χ3v) is 5.06. The van der Waals surface area contributed by atoms with Crippen molar-refractivity contribution < 1.29 is 14.1 Å². The van der Waals surface area contributed by atoms with Crippen LogP contribution in [0.2, 0.25) is 0 Å². The Labute approximate surface area is 160 Å². The molecule has 9 nitrogen and oxygen atoms in total. The van der Waals surface area contributed by atoms with E-state index in [-0.39, 0.29) is 28.6 Å². The molecule has 2 aromatic rings. The van der Waals surface area contributed by atoms with E-state index >= 15 is 0 Å². The van der Waals surface area contributed by atoms with Gasteiger partial charge in [-0.15, -0.1) is 10.2 Å². The highest BCUT2D eigenvalue weighted by molar-refractivity contribution is 8.00. The fourth-order valence-electron chi connectivity index (χ4n) is 1.99. The normalized spacial score (nSPS) is 14.2. The SMILES string of the molecule is CC(C)[C@](C)(C#N)NC(=O)[C@@H](C)Sc1nnc(-c2cccc([N+](=O)[O-])c2)o1. The van der Waals surface area contributed by atoms with Crippen molar-refractivity contribution in [3.63, 3.8) is 0 Å². The summed E-state index contributed by atoms with van der Waals surface area (Å²) in [6.07, 6.45) is 0. The van der Waals surface area contributed by atoms with Gasteiger partial charge in [0.2, 0.25) is 11.8 Å². The van der Waals surface area contributed by atoms with Crippen molar-refractivity contribution in [1.29, 1.82) is 5.26 Å². The lowest BCUT2D eigenvalue weighted by molar-refractivity contribution is -0.384. The second-order valence-corrected chi connectivity index (χ2v) is 7.69. The number of nitro groups is 1. The number of hydrogen-bond acceptors (Lipinski definition) is 8. The van der Waals surface area contributed by atoms with Crippen LogP contribution in [0, 0.1) is 27.4 Å². The molecule has 0 spiro atoms. The Balaban J connectivity index is 2.09. The molecule has 1 heterocycles. The van der Waals surface area contributed by atoms with E-state index in [4.69, 9.17) is 4.42 Å². The Hall–Kier alpha value is -2.93. The van der Waals surface area contributed by atoms with Gasteiger partial charge < -0.3 is 9.73 Å². The van der Waals surface area contributed by atoms with E-state index in [1.54, 1.807) is 19.9 Å². The van der Waals surface area contributed by atoms with E-state index in [9.17, 15) is 20.2 Å². The van der Waals surface area contributed by atoms with Gasteiger partial charge >= 0.3 is 0 Å². The van der Waals surface area contributed by atoms with Gasteiger partial charge in [0.05, 0.1) is 16.2 Å². The van der Waals surface area contributed by atoms with Crippen molar-refractivity contribution in [2.45, 2.75) is 43.7 Å². The van der Waals surface area contributed by atoms with Crippen molar-refractivity contribution in [3.8, 4) is 17.5 Å². The monoisotopic (exact) mass is 389 g/mol. The van der Waals surface area contributed by atoms with Crippen LogP contribution in [0.25, 0.3) is 11.5 Å². The standard InChI is InChI=1S/C17H19N5O4S/c1-10(2)17(4,9-18)19-14(23)11(3)27-16-21-20-15(26-16)12-6-5-7-13(8-12)22(24)25/h5-8,10-11H,1-4H3,(H,19,23)/t11-,17+/m1/s1. The number of thioether (sulfide) groups is 1. The number of hydrogen-bond donors (Lipinski definition) is 1. The van der Waals surface area contributed by atoms with Crippen LogP contribution in [0.1, 0.15) is 27.7 Å². The highest BCUT2D eigenvalue weighted by Gasteiger charge is 2.32. The molecular formula is C17H19N5O4S. The molecule has 0 aliphatic heterocycles. The van der Waals surface area contributed by atoms with Crippen LogP contribution in [-0.4, -0.2) is 31.8 Å². The number of benzene rings is 1. The summed E-state index contributed by atoms with van der Waals surface area (Å²) in [5, 5.41) is 30.2. The maximum absolute atomic E-state index is 12.4. The third-order valence-electron chi connectivity index (χ3n) is 4.13. The lowest BCUT2D eigenvalue weighted by atomic mass is 9.90. The van der Waals surface area contributed by atoms with Gasteiger partial charge in [0.1, 0.15) is 5.54 Å². The number of non-ortho nitro benzene ring substituents is 1. The van der Waals surface area contributed by atoms with Crippen LogP contribution < -0.4 is 5.32 Å². The van der Waals surface area contributed by atoms with E-state index < -0.39 is 15.7 Å². The highest BCUT2D eigenvalue weighted by atomic mass is 32.2. The van der Waals surface area contributed by atoms with E-state index in [0.717, 1.165) is 11.8 Å². The molecule has 0 unspecified atom stereocenters. The number of carbonyl (C=O) groups excluding carboxylic acids is 1. The molecule has 0 aliphatic carbocycles. The van der Waals surface area contributed by atoms with Crippen LogP contribution in [0.4, 0.5) is 5.69 Å². The average Bonchev–Trinajstić information content (AvgIpc) is 3.09. The van der Waals surface area contributed by atoms with Gasteiger partial charge in [-0.25, -0.2) is 0 Å². The predicted octanol–water partition coefficient (Wildman–Crippen LogP) is 3.18. The zero-order chi connectivity index (χ0) is 20.2. The summed E-state index contributed by atoms with van der Waals surface area (Å²) in [5.41, 5.74) is -0.649. The number of nitriles is 1. The quantitative estimate of drug-likeness (QED) is 0.433. The van der Waals surface area contributed by atoms with Gasteiger partial charge in [-0.1, -0.05) is 31.7 Å². The van der Waals surface area contributed by atoms with Crippen LogP contribution in [-0.2, 0) is 4.79 Å². The van der Waals surface area contributed by atoms with E-state index in [2.05, 4.69) is 21.6 Å². The molecule has 0 aliphatic rings. The molecule has 1 aromatic carbocycles. The van der Waals surface area contributed by atoms with Gasteiger partial charge in [-0.2, -0.15) is 5.26 Å². The molecule has 2 atom stereocenters. The van der Waals surface area contributed by atoms with Crippen molar-refractivity contribution in [2.75, 3.05) is 0 Å². The van der Waals surface area contributed by atoms with Crippen molar-refractivity contribution in [2.24, 2.45) is 5.92 Å². The lowest BCUT2D eigenvalue weighted by Crippen LogP contribution is -2.51. The van der Waals surface area contributed by atoms with Crippen LogP contribution in [0.15, 0.2) is 33.9 Å². The van der Waals surface area contributed by atoms with Crippen LogP contribution in [0.3, 0.4) is 0 Å². The molecule has 10 heteroatoms. The first-order chi connectivity index (χ1) is 12.7. The number of carbonyl (C=O) groups is 1. The maximum atomic E-state index is 12.4. The molecule has 1 amide bonds. The number of aromatic nitrogens is 2. The Morgan fingerprint density at radius 1 is 1.41 bits per heavy atom. The summed E-state index contributed by atoms with van der Waals surface area (Å²) in [6.45, 7) is 7.03. The Morgan fingerprint density at radius 2 is 2.11 bits per heavy atom. The van der Waals surface area contributed by atoms with E-state index in [0.29, 0.717) is 5.56 Å². The molecular weight excluding hydrogens is 370 g/mol. The first kappa shape index (κ1) is 20.4. The zero-order valence-corrected chi connectivity index (χ0v) is 16.1. The lowest BCUT2D eigenvalue weighted by Gasteiger charge is -2.28. The third kappa shape index (κ3) is 4.83. The molecule has 0 saturated heterocycles. The van der Waals surface area contributed by atoms with Gasteiger partial charge in [0, 0.05) is 17.7 Å². The fraction of sp³-hybridized carbons (Fsp3) is 0.412. The first-order valence-corrected chi connectivity index (χ1v) is 9.02. The van der Waals surface area contributed by atoms with Crippen molar-refractivity contribution in [1.82, 2.24) is 15.5 Å². The second-order valence-electron chi connectivity index (χ2n) is 6.40. The van der Waals surface area contributed by atoms with Crippen molar-refractivity contribution >= 4 is 23.4 Å². The smallest absolute Gasteiger partial charge is 0.277 e. The topological polar surface area (TPSA) is 135 Å². The molecule has 2 rings (SSSR count). The predicted molar refractivity (Wildman–Crippen MR) is 98.7 cm³/mol. The largest absolute Gasteiger partial charge is 0.411 e. The van der Waals surface area contributed by atoms with Gasteiger partial charge in [-0.05, 0) is 25.8 Å². The minimum absolute atomic E-state index is 0.0625. The van der Waals surface area contributed by atoms with Gasteiger partial charge in [-0.3, -0.25) is 14.9 Å². The highest BCUT2D eigenvalue weighted by Crippen LogP contribution is 2.28. The summed E-state index contributed by atoms with van der Waals surface area (Å²) in [5.74, 6) is -0.266. The summed E-state index contributed by atoms with van der Waals surface area (Å²) in [6, 6.07) is 7.96. The summed E-state index contributed by atoms with van der Waals surface area (Å²) in [4.78, 5) is 22.7.